The lowest BCUT2D eigenvalue weighted by molar-refractivity contribution is 0.340. The first kappa shape index (κ1) is 14.3. The second-order valence-electron chi connectivity index (χ2n) is 6.09. The lowest BCUT2D eigenvalue weighted by atomic mass is 9.89. The number of hydrogen-bond donors (Lipinski definition) is 1. The van der Waals surface area contributed by atoms with E-state index in [1.54, 1.807) is 6.07 Å². The summed E-state index contributed by atoms with van der Waals surface area (Å²) < 4.78 is 1.88. The van der Waals surface area contributed by atoms with Crippen LogP contribution in [0.25, 0.3) is 10.9 Å². The Kier molecular flexibility index (Phi) is 4.71. The molecule has 0 saturated heterocycles. The summed E-state index contributed by atoms with van der Waals surface area (Å²) in [6, 6.07) is 11.7. The zero-order valence-corrected chi connectivity index (χ0v) is 12.6. The molecule has 0 bridgehead atoms. The van der Waals surface area contributed by atoms with Gasteiger partial charge in [0, 0.05) is 19.2 Å². The number of benzene rings is 1. The van der Waals surface area contributed by atoms with E-state index in [2.05, 4.69) is 11.4 Å². The number of pyridine rings is 1. The van der Waals surface area contributed by atoms with Gasteiger partial charge >= 0.3 is 0 Å². The smallest absolute Gasteiger partial charge is 0.251 e. The molecule has 1 aromatic carbocycles. The molecule has 0 radical (unpaired) electrons. The maximum absolute atomic E-state index is 12.1. The van der Waals surface area contributed by atoms with Crippen LogP contribution in [-0.2, 0) is 6.54 Å². The van der Waals surface area contributed by atoms with E-state index in [0.717, 1.165) is 36.5 Å². The van der Waals surface area contributed by atoms with Gasteiger partial charge in [-0.1, -0.05) is 37.5 Å². The molecule has 0 atom stereocenters. The second kappa shape index (κ2) is 6.90. The Morgan fingerprint density at radius 1 is 1.05 bits per heavy atom. The van der Waals surface area contributed by atoms with Crippen LogP contribution in [0.5, 0.6) is 0 Å². The van der Waals surface area contributed by atoms with Crippen LogP contribution >= 0.6 is 0 Å². The highest BCUT2D eigenvalue weighted by molar-refractivity contribution is 5.78. The summed E-state index contributed by atoms with van der Waals surface area (Å²) in [7, 11) is 0. The number of nitrogens with zero attached hydrogens (tertiary/aromatic N) is 1. The fraction of sp³-hybridized carbons (Fsp3) is 0.500. The van der Waals surface area contributed by atoms with Gasteiger partial charge in [0.25, 0.3) is 5.56 Å². The van der Waals surface area contributed by atoms with Crippen LogP contribution in [0.1, 0.15) is 32.1 Å². The second-order valence-corrected chi connectivity index (χ2v) is 6.09. The lowest BCUT2D eigenvalue weighted by Gasteiger charge is -2.22. The molecule has 1 saturated carbocycles. The van der Waals surface area contributed by atoms with Crippen molar-refractivity contribution in [2.75, 3.05) is 13.1 Å². The van der Waals surface area contributed by atoms with E-state index < -0.39 is 0 Å². The van der Waals surface area contributed by atoms with E-state index in [4.69, 9.17) is 0 Å². The number of para-hydroxylation sites is 1. The molecule has 112 valence electrons. The minimum Gasteiger partial charge on any atom is -0.315 e. The first-order valence-electron chi connectivity index (χ1n) is 8.14. The van der Waals surface area contributed by atoms with E-state index in [1.165, 1.54) is 32.1 Å². The molecule has 3 heteroatoms. The van der Waals surface area contributed by atoms with Crippen LogP contribution < -0.4 is 10.9 Å². The predicted octanol–water partition coefficient (Wildman–Crippen LogP) is 3.17. The van der Waals surface area contributed by atoms with E-state index in [9.17, 15) is 4.79 Å². The Labute approximate surface area is 126 Å². The Balaban J connectivity index is 1.60. The molecule has 0 amide bonds. The van der Waals surface area contributed by atoms with Gasteiger partial charge in [0.15, 0.2) is 0 Å². The third-order valence-electron chi connectivity index (χ3n) is 4.57. The molecule has 1 aliphatic rings. The van der Waals surface area contributed by atoms with Crippen LogP contribution in [0, 0.1) is 5.92 Å². The van der Waals surface area contributed by atoms with E-state index in [1.807, 2.05) is 28.8 Å². The summed E-state index contributed by atoms with van der Waals surface area (Å²) in [5.74, 6) is 0.836. The number of fused-ring (bicyclic) bond motifs is 1. The maximum atomic E-state index is 12.1. The third kappa shape index (κ3) is 3.53. The average molecular weight is 284 g/mol. The summed E-state index contributed by atoms with van der Waals surface area (Å²) in [6.07, 6.45) is 6.90. The largest absolute Gasteiger partial charge is 0.315 e. The fourth-order valence-electron chi connectivity index (χ4n) is 3.36. The predicted molar refractivity (Wildman–Crippen MR) is 87.7 cm³/mol. The van der Waals surface area contributed by atoms with E-state index in [-0.39, 0.29) is 5.56 Å². The maximum Gasteiger partial charge on any atom is 0.251 e. The molecule has 0 aliphatic heterocycles. The van der Waals surface area contributed by atoms with Gasteiger partial charge in [-0.05, 0) is 42.8 Å². The highest BCUT2D eigenvalue weighted by atomic mass is 16.1. The SMILES string of the molecule is O=c1ccc2ccccc2n1CCNCC1CCCCC1. The van der Waals surface area contributed by atoms with Gasteiger partial charge in [-0.3, -0.25) is 4.79 Å². The quantitative estimate of drug-likeness (QED) is 0.856. The van der Waals surface area contributed by atoms with Gasteiger partial charge < -0.3 is 9.88 Å². The van der Waals surface area contributed by atoms with Gasteiger partial charge in [0.2, 0.25) is 0 Å². The van der Waals surface area contributed by atoms with Crippen molar-refractivity contribution in [2.45, 2.75) is 38.6 Å². The van der Waals surface area contributed by atoms with E-state index >= 15 is 0 Å². The Bertz CT molecular complexity index is 641. The summed E-state index contributed by atoms with van der Waals surface area (Å²) in [6.45, 7) is 2.71. The van der Waals surface area contributed by atoms with Gasteiger partial charge in [-0.25, -0.2) is 0 Å². The van der Waals surface area contributed by atoms with Crippen LogP contribution in [-0.4, -0.2) is 17.7 Å². The fourth-order valence-corrected chi connectivity index (χ4v) is 3.36. The van der Waals surface area contributed by atoms with Crippen molar-refractivity contribution in [1.82, 2.24) is 9.88 Å². The molecule has 1 aromatic heterocycles. The third-order valence-corrected chi connectivity index (χ3v) is 4.57. The Morgan fingerprint density at radius 3 is 2.71 bits per heavy atom. The molecule has 0 unspecified atom stereocenters. The highest BCUT2D eigenvalue weighted by Gasteiger charge is 2.12. The monoisotopic (exact) mass is 284 g/mol. The highest BCUT2D eigenvalue weighted by Crippen LogP contribution is 2.22. The molecular weight excluding hydrogens is 260 g/mol. The molecule has 2 aromatic rings. The molecular formula is C18H24N2O. The molecule has 1 heterocycles. The first-order valence-corrected chi connectivity index (χ1v) is 8.14. The summed E-state index contributed by atoms with van der Waals surface area (Å²) >= 11 is 0. The number of aromatic nitrogens is 1. The first-order chi connectivity index (χ1) is 10.3. The van der Waals surface area contributed by atoms with Crippen molar-refractivity contribution >= 4 is 10.9 Å². The van der Waals surface area contributed by atoms with Gasteiger partial charge in [0.05, 0.1) is 5.52 Å². The molecule has 1 aliphatic carbocycles. The zero-order chi connectivity index (χ0) is 14.5. The van der Waals surface area contributed by atoms with E-state index in [0.29, 0.717) is 0 Å². The van der Waals surface area contributed by atoms with Crippen molar-refractivity contribution in [3.8, 4) is 0 Å². The molecule has 3 rings (SSSR count). The summed E-state index contributed by atoms with van der Waals surface area (Å²) in [4.78, 5) is 12.1. The van der Waals surface area contributed by atoms with Crippen molar-refractivity contribution in [3.63, 3.8) is 0 Å². The molecule has 21 heavy (non-hydrogen) atoms. The minimum atomic E-state index is 0.0909. The summed E-state index contributed by atoms with van der Waals surface area (Å²) in [5, 5.41) is 4.66. The van der Waals surface area contributed by atoms with Crippen molar-refractivity contribution in [3.05, 3.63) is 46.8 Å². The normalized spacial score (nSPS) is 16.4. The van der Waals surface area contributed by atoms with Crippen LogP contribution in [0.2, 0.25) is 0 Å². The topological polar surface area (TPSA) is 34.0 Å². The van der Waals surface area contributed by atoms with Crippen molar-refractivity contribution < 1.29 is 0 Å². The Hall–Kier alpha value is -1.61. The number of hydrogen-bond acceptors (Lipinski definition) is 2. The van der Waals surface area contributed by atoms with Crippen molar-refractivity contribution in [1.29, 1.82) is 0 Å². The molecule has 3 nitrogen and oxygen atoms in total. The number of rotatable bonds is 5. The molecule has 1 fully saturated rings. The van der Waals surface area contributed by atoms with Gasteiger partial charge in [-0.15, -0.1) is 0 Å². The standard InChI is InChI=1S/C18H24N2O/c21-18-11-10-16-8-4-5-9-17(16)20(18)13-12-19-14-15-6-2-1-3-7-15/h4-5,8-11,15,19H,1-3,6-7,12-14H2. The van der Waals surface area contributed by atoms with Crippen molar-refractivity contribution in [2.24, 2.45) is 5.92 Å². The zero-order valence-electron chi connectivity index (χ0n) is 12.6. The Morgan fingerprint density at radius 2 is 1.86 bits per heavy atom. The molecule has 0 spiro atoms. The van der Waals surface area contributed by atoms with Crippen LogP contribution in [0.3, 0.4) is 0 Å². The average Bonchev–Trinajstić information content (AvgIpc) is 2.54. The number of nitrogens with one attached hydrogen (secondary N) is 1. The molecule has 1 N–H and O–H groups in total. The minimum absolute atomic E-state index is 0.0909. The van der Waals surface area contributed by atoms with Gasteiger partial charge in [-0.2, -0.15) is 0 Å². The lowest BCUT2D eigenvalue weighted by Crippen LogP contribution is -2.30. The van der Waals surface area contributed by atoms with Crippen LogP contribution in [0.15, 0.2) is 41.2 Å². The van der Waals surface area contributed by atoms with Gasteiger partial charge in [0.1, 0.15) is 0 Å². The summed E-state index contributed by atoms with van der Waals surface area (Å²) in [5.41, 5.74) is 1.12. The van der Waals surface area contributed by atoms with Crippen LogP contribution in [0.4, 0.5) is 0 Å².